The smallest absolute Gasteiger partial charge is 0.306 e. The molecule has 0 radical (unpaired) electrons. The summed E-state index contributed by atoms with van der Waals surface area (Å²) in [5.74, 6) is -1.01. The summed E-state index contributed by atoms with van der Waals surface area (Å²) in [5, 5.41) is 11.8. The Hall–Kier alpha value is -1.75. The zero-order chi connectivity index (χ0) is 15.0. The van der Waals surface area contributed by atoms with Crippen LogP contribution in [0, 0.1) is 5.92 Å². The molecular weight excluding hydrogens is 282 g/mol. The van der Waals surface area contributed by atoms with Gasteiger partial charge in [0.1, 0.15) is 5.75 Å². The molecular formula is C14H18ClNO4. The van der Waals surface area contributed by atoms with E-state index in [-0.39, 0.29) is 12.5 Å². The van der Waals surface area contributed by atoms with Gasteiger partial charge in [0.25, 0.3) is 5.91 Å². The predicted octanol–water partition coefficient (Wildman–Crippen LogP) is 2.34. The SMILES string of the molecule is CC(CCCNC(=O)COc1ccccc1Cl)C(=O)O. The van der Waals surface area contributed by atoms with Gasteiger partial charge in [-0.25, -0.2) is 0 Å². The number of benzene rings is 1. The highest BCUT2D eigenvalue weighted by Gasteiger charge is 2.10. The first-order chi connectivity index (χ1) is 9.50. The minimum atomic E-state index is -0.821. The van der Waals surface area contributed by atoms with Gasteiger partial charge >= 0.3 is 5.97 Å². The van der Waals surface area contributed by atoms with Crippen molar-refractivity contribution in [2.45, 2.75) is 19.8 Å². The molecule has 1 aromatic carbocycles. The molecule has 0 bridgehead atoms. The zero-order valence-corrected chi connectivity index (χ0v) is 12.0. The molecule has 1 amide bonds. The van der Waals surface area contributed by atoms with E-state index in [0.29, 0.717) is 30.2 Å². The van der Waals surface area contributed by atoms with Gasteiger partial charge in [-0.2, -0.15) is 0 Å². The number of amides is 1. The number of aliphatic carboxylic acids is 1. The van der Waals surface area contributed by atoms with Crippen LogP contribution in [-0.4, -0.2) is 30.1 Å². The van der Waals surface area contributed by atoms with Crippen LogP contribution in [0.25, 0.3) is 0 Å². The van der Waals surface area contributed by atoms with E-state index in [9.17, 15) is 9.59 Å². The van der Waals surface area contributed by atoms with Crippen molar-refractivity contribution >= 4 is 23.5 Å². The van der Waals surface area contributed by atoms with Crippen LogP contribution in [0.1, 0.15) is 19.8 Å². The van der Waals surface area contributed by atoms with Crippen molar-refractivity contribution in [3.8, 4) is 5.75 Å². The number of hydrogen-bond donors (Lipinski definition) is 2. The van der Waals surface area contributed by atoms with Crippen molar-refractivity contribution in [2.75, 3.05) is 13.2 Å². The Balaban J connectivity index is 2.18. The van der Waals surface area contributed by atoms with E-state index >= 15 is 0 Å². The summed E-state index contributed by atoms with van der Waals surface area (Å²) in [6.45, 7) is 1.96. The number of ether oxygens (including phenoxy) is 1. The van der Waals surface area contributed by atoms with Crippen LogP contribution in [0.15, 0.2) is 24.3 Å². The molecule has 0 saturated carbocycles. The van der Waals surface area contributed by atoms with Gasteiger partial charge in [0.2, 0.25) is 0 Å². The molecule has 1 atom stereocenters. The van der Waals surface area contributed by atoms with Crippen molar-refractivity contribution in [3.05, 3.63) is 29.3 Å². The Kier molecular flexibility index (Phi) is 6.87. The first-order valence-corrected chi connectivity index (χ1v) is 6.75. The molecule has 110 valence electrons. The first kappa shape index (κ1) is 16.3. The fourth-order valence-corrected chi connectivity index (χ4v) is 1.71. The highest BCUT2D eigenvalue weighted by atomic mass is 35.5. The average Bonchev–Trinajstić information content (AvgIpc) is 2.42. The van der Waals surface area contributed by atoms with Crippen LogP contribution in [0.5, 0.6) is 5.75 Å². The van der Waals surface area contributed by atoms with Gasteiger partial charge in [-0.05, 0) is 25.0 Å². The van der Waals surface area contributed by atoms with Crippen LogP contribution in [-0.2, 0) is 9.59 Å². The molecule has 0 fully saturated rings. The van der Waals surface area contributed by atoms with Crippen LogP contribution in [0.2, 0.25) is 5.02 Å². The first-order valence-electron chi connectivity index (χ1n) is 6.37. The molecule has 6 heteroatoms. The summed E-state index contributed by atoms with van der Waals surface area (Å²) in [7, 11) is 0. The topological polar surface area (TPSA) is 75.6 Å². The number of rotatable bonds is 8. The van der Waals surface area contributed by atoms with E-state index in [2.05, 4.69) is 5.32 Å². The molecule has 0 aliphatic carbocycles. The minimum Gasteiger partial charge on any atom is -0.482 e. The Morgan fingerprint density at radius 2 is 2.10 bits per heavy atom. The van der Waals surface area contributed by atoms with Gasteiger partial charge in [0.15, 0.2) is 6.61 Å². The monoisotopic (exact) mass is 299 g/mol. The number of halogens is 1. The molecule has 0 heterocycles. The molecule has 0 aliphatic rings. The summed E-state index contributed by atoms with van der Waals surface area (Å²) in [6.07, 6.45) is 1.15. The highest BCUT2D eigenvalue weighted by Crippen LogP contribution is 2.22. The van der Waals surface area contributed by atoms with E-state index in [1.165, 1.54) is 0 Å². The van der Waals surface area contributed by atoms with Crippen molar-refractivity contribution in [3.63, 3.8) is 0 Å². The largest absolute Gasteiger partial charge is 0.482 e. The van der Waals surface area contributed by atoms with E-state index in [0.717, 1.165) is 0 Å². The van der Waals surface area contributed by atoms with Crippen molar-refractivity contribution in [1.29, 1.82) is 0 Å². The van der Waals surface area contributed by atoms with Gasteiger partial charge in [0, 0.05) is 6.54 Å². The molecule has 0 saturated heterocycles. The predicted molar refractivity (Wildman–Crippen MR) is 76.0 cm³/mol. The third-order valence-corrected chi connectivity index (χ3v) is 3.07. The number of hydrogen-bond acceptors (Lipinski definition) is 3. The summed E-state index contributed by atoms with van der Waals surface area (Å²) < 4.78 is 5.28. The quantitative estimate of drug-likeness (QED) is 0.722. The van der Waals surface area contributed by atoms with Crippen molar-refractivity contribution in [1.82, 2.24) is 5.32 Å². The second-order valence-electron chi connectivity index (χ2n) is 4.45. The normalized spacial score (nSPS) is 11.7. The van der Waals surface area contributed by atoms with Crippen LogP contribution in [0.3, 0.4) is 0 Å². The molecule has 1 rings (SSSR count). The van der Waals surface area contributed by atoms with E-state index in [1.807, 2.05) is 0 Å². The third kappa shape index (κ3) is 5.93. The fraction of sp³-hybridized carbons (Fsp3) is 0.429. The summed E-state index contributed by atoms with van der Waals surface area (Å²) in [6, 6.07) is 6.91. The molecule has 5 nitrogen and oxygen atoms in total. The molecule has 0 spiro atoms. The number of carboxylic acid groups (broad SMARTS) is 1. The molecule has 1 aromatic rings. The van der Waals surface area contributed by atoms with Crippen molar-refractivity contribution in [2.24, 2.45) is 5.92 Å². The number of carbonyl (C=O) groups is 2. The van der Waals surface area contributed by atoms with Gasteiger partial charge < -0.3 is 15.2 Å². The lowest BCUT2D eigenvalue weighted by molar-refractivity contribution is -0.141. The third-order valence-electron chi connectivity index (χ3n) is 2.75. The zero-order valence-electron chi connectivity index (χ0n) is 11.3. The van der Waals surface area contributed by atoms with E-state index in [1.54, 1.807) is 31.2 Å². The maximum Gasteiger partial charge on any atom is 0.306 e. The van der Waals surface area contributed by atoms with E-state index < -0.39 is 11.9 Å². The Morgan fingerprint density at radius 1 is 1.40 bits per heavy atom. The number of nitrogens with one attached hydrogen (secondary N) is 1. The molecule has 0 aromatic heterocycles. The second kappa shape index (κ2) is 8.43. The Bertz CT molecular complexity index is 464. The van der Waals surface area contributed by atoms with Crippen LogP contribution >= 0.6 is 11.6 Å². The van der Waals surface area contributed by atoms with Crippen LogP contribution < -0.4 is 10.1 Å². The number of carboxylic acids is 1. The minimum absolute atomic E-state index is 0.113. The maximum absolute atomic E-state index is 11.5. The lowest BCUT2D eigenvalue weighted by Gasteiger charge is -2.09. The van der Waals surface area contributed by atoms with Gasteiger partial charge in [-0.1, -0.05) is 30.7 Å². The van der Waals surface area contributed by atoms with Gasteiger partial charge in [-0.3, -0.25) is 9.59 Å². The molecule has 1 unspecified atom stereocenters. The number of para-hydroxylation sites is 1. The van der Waals surface area contributed by atoms with Gasteiger partial charge in [-0.15, -0.1) is 0 Å². The Labute approximate surface area is 122 Å². The van der Waals surface area contributed by atoms with Gasteiger partial charge in [0.05, 0.1) is 10.9 Å². The maximum atomic E-state index is 11.5. The lowest BCUT2D eigenvalue weighted by atomic mass is 10.1. The summed E-state index contributed by atoms with van der Waals surface area (Å²) in [5.41, 5.74) is 0. The van der Waals surface area contributed by atoms with Crippen LogP contribution in [0.4, 0.5) is 0 Å². The Morgan fingerprint density at radius 3 is 2.75 bits per heavy atom. The van der Waals surface area contributed by atoms with E-state index in [4.69, 9.17) is 21.4 Å². The average molecular weight is 300 g/mol. The molecule has 0 aliphatic heterocycles. The lowest BCUT2D eigenvalue weighted by Crippen LogP contribution is -2.30. The fourth-order valence-electron chi connectivity index (χ4n) is 1.52. The molecule has 20 heavy (non-hydrogen) atoms. The standard InChI is InChI=1S/C14H18ClNO4/c1-10(14(18)19)5-4-8-16-13(17)9-20-12-7-3-2-6-11(12)15/h2-3,6-7,10H,4-5,8-9H2,1H3,(H,16,17)(H,18,19). The highest BCUT2D eigenvalue weighted by molar-refractivity contribution is 6.32. The summed E-state index contributed by atoms with van der Waals surface area (Å²) >= 11 is 5.89. The number of carbonyl (C=O) groups excluding carboxylic acids is 1. The second-order valence-corrected chi connectivity index (χ2v) is 4.86. The summed E-state index contributed by atoms with van der Waals surface area (Å²) in [4.78, 5) is 22.1. The molecule has 2 N–H and O–H groups in total. The van der Waals surface area contributed by atoms with Crippen molar-refractivity contribution < 1.29 is 19.4 Å².